The van der Waals surface area contributed by atoms with E-state index in [4.69, 9.17) is 9.47 Å². The maximum Gasteiger partial charge on any atom is 0.410 e. The Morgan fingerprint density at radius 3 is 2.83 bits per heavy atom. The second-order valence-electron chi connectivity index (χ2n) is 6.47. The third kappa shape index (κ3) is 4.66. The molecule has 0 bridgehead atoms. The molecule has 0 aromatic heterocycles. The van der Waals surface area contributed by atoms with Gasteiger partial charge in [0.1, 0.15) is 5.60 Å². The Morgan fingerprint density at radius 1 is 1.43 bits per heavy atom. The molecule has 1 aromatic rings. The lowest BCUT2D eigenvalue weighted by atomic mass is 10.1. The van der Waals surface area contributed by atoms with Gasteiger partial charge in [0.05, 0.1) is 17.6 Å². The van der Waals surface area contributed by atoms with Crippen LogP contribution in [-0.4, -0.2) is 41.3 Å². The first-order chi connectivity index (χ1) is 10.8. The van der Waals surface area contributed by atoms with Crippen molar-refractivity contribution in [1.29, 1.82) is 0 Å². The summed E-state index contributed by atoms with van der Waals surface area (Å²) in [6.45, 7) is 6.75. The van der Waals surface area contributed by atoms with Gasteiger partial charge in [-0.15, -0.1) is 0 Å². The van der Waals surface area contributed by atoms with Crippen LogP contribution >= 0.6 is 0 Å². The molecule has 1 fully saturated rings. The number of nitro groups is 1. The van der Waals surface area contributed by atoms with Gasteiger partial charge in [-0.2, -0.15) is 0 Å². The van der Waals surface area contributed by atoms with Gasteiger partial charge in [0, 0.05) is 25.3 Å². The van der Waals surface area contributed by atoms with Gasteiger partial charge in [-0.1, -0.05) is 12.1 Å². The summed E-state index contributed by atoms with van der Waals surface area (Å²) in [4.78, 5) is 24.6. The van der Waals surface area contributed by atoms with Gasteiger partial charge in [0.15, 0.2) is 0 Å². The molecule has 23 heavy (non-hydrogen) atoms. The standard InChI is InChI=1S/C16H22N2O5/c1-16(2,3)23-15(19)17-8-5-9-22-11-14(17)12-6-4-7-13(10-12)18(20)21/h4,6-7,10,14H,5,8-9,11H2,1-3H3. The fraction of sp³-hybridized carbons (Fsp3) is 0.562. The minimum atomic E-state index is -0.600. The van der Waals surface area contributed by atoms with Gasteiger partial charge in [0.2, 0.25) is 0 Å². The summed E-state index contributed by atoms with van der Waals surface area (Å²) in [5.41, 5.74) is 0.0696. The molecule has 7 heteroatoms. The van der Waals surface area contributed by atoms with E-state index in [2.05, 4.69) is 0 Å². The molecule has 126 valence electrons. The molecular formula is C16H22N2O5. The SMILES string of the molecule is CC(C)(C)OC(=O)N1CCCOCC1c1cccc([N+](=O)[O-])c1. The predicted molar refractivity (Wildman–Crippen MR) is 84.2 cm³/mol. The molecule has 1 unspecified atom stereocenters. The summed E-state index contributed by atoms with van der Waals surface area (Å²) in [5, 5.41) is 11.0. The lowest BCUT2D eigenvalue weighted by molar-refractivity contribution is -0.385. The number of hydrogen-bond donors (Lipinski definition) is 0. The third-order valence-corrected chi connectivity index (χ3v) is 3.43. The molecule has 7 nitrogen and oxygen atoms in total. The molecule has 0 N–H and O–H groups in total. The maximum atomic E-state index is 12.5. The highest BCUT2D eigenvalue weighted by Gasteiger charge is 2.31. The second-order valence-corrected chi connectivity index (χ2v) is 6.47. The Bertz CT molecular complexity index is 582. The largest absolute Gasteiger partial charge is 0.444 e. The number of non-ortho nitro benzene ring substituents is 1. The smallest absolute Gasteiger partial charge is 0.410 e. The summed E-state index contributed by atoms with van der Waals surface area (Å²) in [7, 11) is 0. The predicted octanol–water partition coefficient (Wildman–Crippen LogP) is 3.29. The summed E-state index contributed by atoms with van der Waals surface area (Å²) >= 11 is 0. The van der Waals surface area contributed by atoms with Crippen LogP contribution in [0.2, 0.25) is 0 Å². The number of rotatable bonds is 2. The van der Waals surface area contributed by atoms with Crippen molar-refractivity contribution in [2.24, 2.45) is 0 Å². The zero-order chi connectivity index (χ0) is 17.0. The Hall–Kier alpha value is -2.15. The summed E-state index contributed by atoms with van der Waals surface area (Å²) in [5.74, 6) is 0. The maximum absolute atomic E-state index is 12.5. The van der Waals surface area contributed by atoms with Crippen LogP contribution in [0.1, 0.15) is 38.8 Å². The molecule has 0 spiro atoms. The third-order valence-electron chi connectivity index (χ3n) is 3.43. The molecule has 1 atom stereocenters. The quantitative estimate of drug-likeness (QED) is 0.616. The van der Waals surface area contributed by atoms with Crippen molar-refractivity contribution in [1.82, 2.24) is 4.90 Å². The molecule has 2 rings (SSSR count). The topological polar surface area (TPSA) is 81.9 Å². The number of nitro benzene ring substituents is 1. The van der Waals surface area contributed by atoms with E-state index in [0.29, 0.717) is 31.7 Å². The molecule has 0 radical (unpaired) electrons. The summed E-state index contributed by atoms with van der Waals surface area (Å²) in [6, 6.07) is 5.90. The first-order valence-corrected chi connectivity index (χ1v) is 7.59. The van der Waals surface area contributed by atoms with Crippen LogP contribution in [0.15, 0.2) is 24.3 Å². The Labute approximate surface area is 135 Å². The highest BCUT2D eigenvalue weighted by molar-refractivity contribution is 5.69. The molecule has 1 amide bonds. The highest BCUT2D eigenvalue weighted by atomic mass is 16.6. The van der Waals surface area contributed by atoms with Crippen molar-refractivity contribution in [3.63, 3.8) is 0 Å². The van der Waals surface area contributed by atoms with E-state index in [1.54, 1.807) is 17.0 Å². The molecule has 1 aromatic carbocycles. The monoisotopic (exact) mass is 322 g/mol. The molecule has 1 saturated heterocycles. The van der Waals surface area contributed by atoms with Gasteiger partial charge in [-0.3, -0.25) is 15.0 Å². The van der Waals surface area contributed by atoms with Crippen LogP contribution in [0.25, 0.3) is 0 Å². The lowest BCUT2D eigenvalue weighted by Crippen LogP contribution is -2.40. The number of nitrogens with zero attached hydrogens (tertiary/aromatic N) is 2. The number of carbonyl (C=O) groups excluding carboxylic acids is 1. The zero-order valence-electron chi connectivity index (χ0n) is 13.7. The molecule has 1 heterocycles. The van der Waals surface area contributed by atoms with Crippen LogP contribution < -0.4 is 0 Å². The highest BCUT2D eigenvalue weighted by Crippen LogP contribution is 2.28. The van der Waals surface area contributed by atoms with E-state index in [9.17, 15) is 14.9 Å². The minimum absolute atomic E-state index is 0.00381. The minimum Gasteiger partial charge on any atom is -0.444 e. The van der Waals surface area contributed by atoms with Gasteiger partial charge < -0.3 is 9.47 Å². The van der Waals surface area contributed by atoms with Crippen LogP contribution in [0.4, 0.5) is 10.5 Å². The van der Waals surface area contributed by atoms with Crippen molar-refractivity contribution in [2.75, 3.05) is 19.8 Å². The Morgan fingerprint density at radius 2 is 2.17 bits per heavy atom. The van der Waals surface area contributed by atoms with Crippen molar-refractivity contribution in [3.05, 3.63) is 39.9 Å². The fourth-order valence-electron chi connectivity index (χ4n) is 2.44. The molecule has 1 aliphatic rings. The molecule has 1 aliphatic heterocycles. The number of ether oxygens (including phenoxy) is 2. The van der Waals surface area contributed by atoms with E-state index in [0.717, 1.165) is 0 Å². The van der Waals surface area contributed by atoms with Gasteiger partial charge in [-0.25, -0.2) is 4.79 Å². The molecule has 0 aliphatic carbocycles. The van der Waals surface area contributed by atoms with Crippen molar-refractivity contribution in [3.8, 4) is 0 Å². The van der Waals surface area contributed by atoms with Crippen LogP contribution in [0.3, 0.4) is 0 Å². The van der Waals surface area contributed by atoms with Crippen LogP contribution in [0.5, 0.6) is 0 Å². The summed E-state index contributed by atoms with van der Waals surface area (Å²) < 4.78 is 11.0. The first-order valence-electron chi connectivity index (χ1n) is 7.59. The van der Waals surface area contributed by atoms with E-state index in [1.165, 1.54) is 12.1 Å². The number of benzene rings is 1. The average molecular weight is 322 g/mol. The number of carbonyl (C=O) groups is 1. The zero-order valence-corrected chi connectivity index (χ0v) is 13.7. The van der Waals surface area contributed by atoms with E-state index >= 15 is 0 Å². The molecular weight excluding hydrogens is 300 g/mol. The number of amides is 1. The second kappa shape index (κ2) is 6.95. The summed E-state index contributed by atoms with van der Waals surface area (Å²) in [6.07, 6.45) is 0.268. The normalized spacial score (nSPS) is 19.1. The van der Waals surface area contributed by atoms with Crippen molar-refractivity contribution in [2.45, 2.75) is 38.8 Å². The van der Waals surface area contributed by atoms with Crippen molar-refractivity contribution >= 4 is 11.8 Å². The van der Waals surface area contributed by atoms with Crippen molar-refractivity contribution < 1.29 is 19.2 Å². The Balaban J connectivity index is 2.29. The van der Waals surface area contributed by atoms with Crippen LogP contribution in [0, 0.1) is 10.1 Å². The van der Waals surface area contributed by atoms with E-state index < -0.39 is 22.7 Å². The first kappa shape index (κ1) is 17.2. The van der Waals surface area contributed by atoms with Gasteiger partial charge in [0.25, 0.3) is 5.69 Å². The van der Waals surface area contributed by atoms with E-state index in [-0.39, 0.29) is 5.69 Å². The van der Waals surface area contributed by atoms with E-state index in [1.807, 2.05) is 20.8 Å². The average Bonchev–Trinajstić information content (AvgIpc) is 2.71. The lowest BCUT2D eigenvalue weighted by Gasteiger charge is -2.31. The molecule has 0 saturated carbocycles. The van der Waals surface area contributed by atoms with Gasteiger partial charge >= 0.3 is 6.09 Å². The van der Waals surface area contributed by atoms with Crippen LogP contribution in [-0.2, 0) is 9.47 Å². The Kier molecular flexibility index (Phi) is 5.20. The number of hydrogen-bond acceptors (Lipinski definition) is 5. The fourth-order valence-corrected chi connectivity index (χ4v) is 2.44. The van der Waals surface area contributed by atoms with Gasteiger partial charge in [-0.05, 0) is 32.8 Å².